The van der Waals surface area contributed by atoms with Crippen LogP contribution in [0.25, 0.3) is 71.2 Å². The number of rotatable bonds is 3. The van der Waals surface area contributed by atoms with Gasteiger partial charge in [-0.1, -0.05) is 54.6 Å². The van der Waals surface area contributed by atoms with Gasteiger partial charge in [-0.3, -0.25) is 0 Å². The molecule has 0 amide bonds. The molecule has 0 aliphatic heterocycles. The van der Waals surface area contributed by atoms with Gasteiger partial charge >= 0.3 is 0 Å². The van der Waals surface area contributed by atoms with Crippen molar-refractivity contribution in [3.8, 4) is 34.9 Å². The average molecular weight is 590 g/mol. The third-order valence-corrected chi connectivity index (χ3v) is 8.50. The Kier molecular flexibility index (Phi) is 5.93. The molecule has 0 fully saturated rings. The van der Waals surface area contributed by atoms with Crippen molar-refractivity contribution in [2.45, 2.75) is 13.8 Å². The second-order valence-electron chi connectivity index (χ2n) is 11.3. The molecule has 0 spiro atoms. The fourth-order valence-electron chi connectivity index (χ4n) is 6.68. The number of aromatic nitrogens is 4. The lowest BCUT2D eigenvalue weighted by Crippen LogP contribution is -2.07. The highest BCUT2D eigenvalue weighted by molar-refractivity contribution is 6.12. The van der Waals surface area contributed by atoms with Crippen LogP contribution in [0, 0.1) is 43.1 Å². The molecule has 0 N–H and O–H groups in total. The van der Waals surface area contributed by atoms with Crippen molar-refractivity contribution in [3.63, 3.8) is 0 Å². The van der Waals surface area contributed by atoms with Gasteiger partial charge in [0.25, 0.3) is 0 Å². The van der Waals surface area contributed by atoms with Gasteiger partial charge in [-0.05, 0) is 62.4 Å². The maximum absolute atomic E-state index is 10.5. The molecule has 214 valence electrons. The summed E-state index contributed by atoms with van der Waals surface area (Å²) in [6.45, 7) is 11.7. The first-order valence-corrected chi connectivity index (χ1v) is 14.7. The molecule has 0 unspecified atom stereocenters. The van der Waals surface area contributed by atoms with Crippen LogP contribution in [-0.4, -0.2) is 19.1 Å². The van der Waals surface area contributed by atoms with E-state index in [1.807, 2.05) is 92.7 Å². The molecule has 5 aromatic carbocycles. The van der Waals surface area contributed by atoms with E-state index in [0.717, 1.165) is 66.3 Å². The number of hydrogen-bond acceptors (Lipinski definition) is 4. The van der Waals surface area contributed by atoms with E-state index in [1.165, 1.54) is 0 Å². The van der Waals surface area contributed by atoms with Gasteiger partial charge in [-0.2, -0.15) is 10.5 Å². The zero-order valence-corrected chi connectivity index (χ0v) is 24.9. The summed E-state index contributed by atoms with van der Waals surface area (Å²) >= 11 is 0. The number of fused-ring (bicyclic) bond motifs is 6. The zero-order chi connectivity index (χ0) is 31.5. The highest BCUT2D eigenvalue weighted by atomic mass is 15.0. The Morgan fingerprint density at radius 1 is 0.587 bits per heavy atom. The van der Waals surface area contributed by atoms with Gasteiger partial charge in [0.1, 0.15) is 0 Å². The number of nitriles is 2. The fourth-order valence-corrected chi connectivity index (χ4v) is 6.68. The molecule has 8 rings (SSSR count). The van der Waals surface area contributed by atoms with Crippen molar-refractivity contribution in [1.29, 1.82) is 10.5 Å². The van der Waals surface area contributed by atoms with Gasteiger partial charge in [0.2, 0.25) is 0 Å². The molecule has 3 heterocycles. The number of aryl methyl sites for hydroxylation is 2. The topological polar surface area (TPSA) is 87.6 Å². The number of benzene rings is 5. The Morgan fingerprint density at radius 3 is 1.67 bits per heavy atom. The second-order valence-corrected chi connectivity index (χ2v) is 11.3. The van der Waals surface area contributed by atoms with Crippen LogP contribution in [0.5, 0.6) is 0 Å². The molecular weight excluding hydrogens is 566 g/mol. The average Bonchev–Trinajstić information content (AvgIpc) is 3.59. The molecule has 8 aromatic rings. The largest absolute Gasteiger partial charge is 0.310 e. The van der Waals surface area contributed by atoms with Gasteiger partial charge in [-0.15, -0.1) is 0 Å². The Balaban J connectivity index is 1.63. The first-order valence-electron chi connectivity index (χ1n) is 14.7. The van der Waals surface area contributed by atoms with E-state index < -0.39 is 0 Å². The summed E-state index contributed by atoms with van der Waals surface area (Å²) < 4.78 is 4.24. The summed E-state index contributed by atoms with van der Waals surface area (Å²) in [6.07, 6.45) is 0. The van der Waals surface area contributed by atoms with Crippen molar-refractivity contribution in [2.75, 3.05) is 0 Å². The van der Waals surface area contributed by atoms with Crippen LogP contribution in [0.15, 0.2) is 103 Å². The molecule has 0 saturated heterocycles. The number of hydrogen-bond donors (Lipinski definition) is 0. The zero-order valence-electron chi connectivity index (χ0n) is 24.9. The Hall–Kier alpha value is -6.75. The molecular formula is C39H23N7. The smallest absolute Gasteiger partial charge is 0.189 e. The minimum Gasteiger partial charge on any atom is -0.310 e. The maximum atomic E-state index is 10.5. The lowest BCUT2D eigenvalue weighted by molar-refractivity contribution is 1.04. The number of nitrogens with zero attached hydrogens (tertiary/aromatic N) is 7. The quantitative estimate of drug-likeness (QED) is 0.192. The Bertz CT molecular complexity index is 2530. The molecule has 0 saturated carbocycles. The highest BCUT2D eigenvalue weighted by Crippen LogP contribution is 2.42. The summed E-state index contributed by atoms with van der Waals surface area (Å²) in [5.74, 6) is 0.515. The third-order valence-electron chi connectivity index (χ3n) is 8.50. The maximum Gasteiger partial charge on any atom is 0.189 e. The lowest BCUT2D eigenvalue weighted by atomic mass is 10.0. The molecule has 0 aliphatic carbocycles. The van der Waals surface area contributed by atoms with Gasteiger partial charge in [0.15, 0.2) is 11.5 Å². The molecule has 0 bridgehead atoms. The Labute approximate surface area is 264 Å². The van der Waals surface area contributed by atoms with Crippen LogP contribution in [-0.2, 0) is 0 Å². The molecule has 0 aliphatic rings. The van der Waals surface area contributed by atoms with Crippen molar-refractivity contribution >= 4 is 49.3 Å². The molecule has 7 nitrogen and oxygen atoms in total. The molecule has 46 heavy (non-hydrogen) atoms. The Morgan fingerprint density at radius 2 is 1.11 bits per heavy atom. The summed E-state index contributed by atoms with van der Waals surface area (Å²) in [4.78, 5) is 13.7. The van der Waals surface area contributed by atoms with E-state index in [4.69, 9.17) is 16.5 Å². The van der Waals surface area contributed by atoms with Crippen LogP contribution in [0.2, 0.25) is 0 Å². The van der Waals surface area contributed by atoms with Crippen molar-refractivity contribution in [1.82, 2.24) is 19.1 Å². The summed E-state index contributed by atoms with van der Waals surface area (Å²) in [6, 6.07) is 38.0. The van der Waals surface area contributed by atoms with E-state index in [2.05, 4.69) is 50.4 Å². The second kappa shape index (κ2) is 10.2. The van der Waals surface area contributed by atoms with Crippen molar-refractivity contribution < 1.29 is 0 Å². The van der Waals surface area contributed by atoms with E-state index in [0.29, 0.717) is 28.3 Å². The fraction of sp³-hybridized carbons (Fsp3) is 0.0513. The lowest BCUT2D eigenvalue weighted by Gasteiger charge is -2.20. The third kappa shape index (κ3) is 3.95. The van der Waals surface area contributed by atoms with E-state index in [9.17, 15) is 10.5 Å². The van der Waals surface area contributed by atoms with E-state index >= 15 is 0 Å². The standard InChI is InChI=1S/C39H23N7/c1-23-16-24(2)44-39(43-23)38-36(45-32-10-6-4-8-28(32)30-14-12-25(21-40)17-34(30)45)18-26(22-41)19-37(38)46-33-11-7-5-9-29(33)31-15-13-27(42-3)20-35(31)46/h4-20H,1-2H3. The highest BCUT2D eigenvalue weighted by Gasteiger charge is 2.25. The molecule has 3 aromatic heterocycles. The van der Waals surface area contributed by atoms with E-state index in [1.54, 1.807) is 0 Å². The van der Waals surface area contributed by atoms with E-state index in [-0.39, 0.29) is 0 Å². The first-order chi connectivity index (χ1) is 22.5. The van der Waals surface area contributed by atoms with Crippen LogP contribution < -0.4 is 0 Å². The van der Waals surface area contributed by atoms with Crippen molar-refractivity contribution in [3.05, 3.63) is 137 Å². The predicted octanol–water partition coefficient (Wildman–Crippen LogP) is 9.25. The normalized spacial score (nSPS) is 11.2. The van der Waals surface area contributed by atoms with Crippen LogP contribution >= 0.6 is 0 Å². The van der Waals surface area contributed by atoms with Crippen molar-refractivity contribution in [2.24, 2.45) is 0 Å². The predicted molar refractivity (Wildman–Crippen MR) is 181 cm³/mol. The van der Waals surface area contributed by atoms with Crippen LogP contribution in [0.1, 0.15) is 22.5 Å². The monoisotopic (exact) mass is 589 g/mol. The van der Waals surface area contributed by atoms with Crippen LogP contribution in [0.3, 0.4) is 0 Å². The molecule has 0 atom stereocenters. The van der Waals surface area contributed by atoms with Crippen LogP contribution in [0.4, 0.5) is 5.69 Å². The summed E-state index contributed by atoms with van der Waals surface area (Å²) in [7, 11) is 0. The minimum absolute atomic E-state index is 0.452. The minimum atomic E-state index is 0.452. The van der Waals surface area contributed by atoms with Gasteiger partial charge < -0.3 is 9.13 Å². The molecule has 0 radical (unpaired) electrons. The number of para-hydroxylation sites is 2. The van der Waals surface area contributed by atoms with Gasteiger partial charge in [0.05, 0.1) is 63.3 Å². The molecule has 7 heteroatoms. The first kappa shape index (κ1) is 26.8. The summed E-state index contributed by atoms with van der Waals surface area (Å²) in [5, 5.41) is 24.4. The summed E-state index contributed by atoms with van der Waals surface area (Å²) in [5.41, 5.74) is 8.83. The van der Waals surface area contributed by atoms with Gasteiger partial charge in [-0.25, -0.2) is 14.8 Å². The SMILES string of the molecule is [C-]#[N+]c1ccc2c3ccccc3n(-c3cc(C#N)cc(-n4c5ccccc5c5ccc(C#N)cc54)c3-c3nc(C)cc(C)n3)c2c1. The van der Waals surface area contributed by atoms with Gasteiger partial charge in [0, 0.05) is 38.4 Å².